The van der Waals surface area contributed by atoms with Crippen molar-refractivity contribution in [3.63, 3.8) is 0 Å². The van der Waals surface area contributed by atoms with Gasteiger partial charge in [0.15, 0.2) is 0 Å². The Labute approximate surface area is 169 Å². The molecule has 0 spiro atoms. The Hall–Kier alpha value is -2.69. The molecule has 1 aliphatic heterocycles. The van der Waals surface area contributed by atoms with E-state index >= 15 is 0 Å². The third kappa shape index (κ3) is 7.33. The van der Waals surface area contributed by atoms with Crippen LogP contribution >= 0.6 is 0 Å². The van der Waals surface area contributed by atoms with Crippen LogP contribution in [0.4, 0.5) is 0 Å². The summed E-state index contributed by atoms with van der Waals surface area (Å²) in [5.41, 5.74) is 5.48. The number of likely N-dealkylation sites (tertiary alicyclic amines) is 1. The molecule has 0 aromatic heterocycles. The molecule has 1 heterocycles. The van der Waals surface area contributed by atoms with Crippen molar-refractivity contribution in [3.05, 3.63) is 0 Å². The van der Waals surface area contributed by atoms with E-state index in [0.717, 1.165) is 0 Å². The Morgan fingerprint density at radius 3 is 2.24 bits per heavy atom. The molecule has 0 saturated carbocycles. The van der Waals surface area contributed by atoms with Crippen LogP contribution in [0.25, 0.3) is 0 Å². The van der Waals surface area contributed by atoms with Crippen LogP contribution in [0.2, 0.25) is 0 Å². The lowest BCUT2D eigenvalue weighted by Gasteiger charge is -2.28. The molecule has 0 aromatic rings. The number of rotatable bonds is 10. The minimum atomic E-state index is -1.30. The van der Waals surface area contributed by atoms with Gasteiger partial charge in [-0.2, -0.15) is 0 Å². The fourth-order valence-electron chi connectivity index (χ4n) is 3.18. The van der Waals surface area contributed by atoms with Gasteiger partial charge in [0.05, 0.1) is 12.5 Å². The number of aliphatic carboxylic acids is 2. The van der Waals surface area contributed by atoms with Crippen molar-refractivity contribution in [1.82, 2.24) is 15.5 Å². The van der Waals surface area contributed by atoms with Gasteiger partial charge in [-0.05, 0) is 32.1 Å². The van der Waals surface area contributed by atoms with Gasteiger partial charge in [0.2, 0.25) is 17.7 Å². The second kappa shape index (κ2) is 10.7. The Kier molecular flexibility index (Phi) is 9.02. The zero-order valence-corrected chi connectivity index (χ0v) is 16.9. The summed E-state index contributed by atoms with van der Waals surface area (Å²) in [6, 6.07) is -4.19. The maximum Gasteiger partial charge on any atom is 0.326 e. The van der Waals surface area contributed by atoms with Crippen molar-refractivity contribution in [2.24, 2.45) is 11.7 Å². The summed E-state index contributed by atoms with van der Waals surface area (Å²) in [5.74, 6) is -4.17. The molecule has 1 rings (SSSR count). The van der Waals surface area contributed by atoms with E-state index in [-0.39, 0.29) is 12.3 Å². The maximum absolute atomic E-state index is 12.7. The van der Waals surface area contributed by atoms with Gasteiger partial charge >= 0.3 is 11.9 Å². The normalized spacial score (nSPS) is 19.3. The molecule has 1 aliphatic rings. The molecule has 11 nitrogen and oxygen atoms in total. The van der Waals surface area contributed by atoms with Crippen LogP contribution in [0.15, 0.2) is 0 Å². The number of nitrogens with two attached hydrogens (primary N) is 1. The first-order valence-corrected chi connectivity index (χ1v) is 9.55. The molecule has 164 valence electrons. The summed E-state index contributed by atoms with van der Waals surface area (Å²) in [5, 5.41) is 22.8. The molecule has 1 fully saturated rings. The largest absolute Gasteiger partial charge is 0.481 e. The monoisotopic (exact) mass is 414 g/mol. The predicted octanol–water partition coefficient (Wildman–Crippen LogP) is -1.10. The highest BCUT2D eigenvalue weighted by Gasteiger charge is 2.38. The quantitative estimate of drug-likeness (QED) is 0.299. The molecule has 1 saturated heterocycles. The van der Waals surface area contributed by atoms with Crippen molar-refractivity contribution in [1.29, 1.82) is 0 Å². The summed E-state index contributed by atoms with van der Waals surface area (Å²) in [6.45, 7) is 5.39. The Morgan fingerprint density at radius 1 is 1.10 bits per heavy atom. The van der Waals surface area contributed by atoms with E-state index < -0.39 is 60.2 Å². The lowest BCUT2D eigenvalue weighted by atomic mass is 10.0. The molecule has 6 N–H and O–H groups in total. The number of amides is 3. The van der Waals surface area contributed by atoms with Gasteiger partial charge in [0.1, 0.15) is 18.1 Å². The van der Waals surface area contributed by atoms with Gasteiger partial charge in [-0.1, -0.05) is 13.8 Å². The average molecular weight is 414 g/mol. The van der Waals surface area contributed by atoms with Crippen LogP contribution in [0, 0.1) is 5.92 Å². The number of nitrogens with zero attached hydrogens (tertiary/aromatic N) is 1. The van der Waals surface area contributed by atoms with Gasteiger partial charge < -0.3 is 31.5 Å². The minimum Gasteiger partial charge on any atom is -0.481 e. The highest BCUT2D eigenvalue weighted by Crippen LogP contribution is 2.19. The van der Waals surface area contributed by atoms with Gasteiger partial charge in [-0.3, -0.25) is 19.2 Å². The predicted molar refractivity (Wildman–Crippen MR) is 102 cm³/mol. The summed E-state index contributed by atoms with van der Waals surface area (Å²) in [6.07, 6.45) is 0.624. The second-order valence-corrected chi connectivity index (χ2v) is 7.65. The smallest absolute Gasteiger partial charge is 0.326 e. The first-order chi connectivity index (χ1) is 13.4. The van der Waals surface area contributed by atoms with E-state index in [1.807, 2.05) is 13.8 Å². The lowest BCUT2D eigenvalue weighted by Crippen LogP contribution is -2.56. The molecule has 4 atom stereocenters. The highest BCUT2D eigenvalue weighted by molar-refractivity contribution is 5.94. The minimum absolute atomic E-state index is 0.0583. The first-order valence-electron chi connectivity index (χ1n) is 9.55. The molecule has 0 aromatic carbocycles. The molecule has 3 amide bonds. The number of nitrogens with one attached hydrogen (secondary N) is 2. The second-order valence-electron chi connectivity index (χ2n) is 7.65. The van der Waals surface area contributed by atoms with Crippen molar-refractivity contribution < 1.29 is 34.2 Å². The number of hydrogen-bond acceptors (Lipinski definition) is 6. The third-order valence-corrected chi connectivity index (χ3v) is 4.62. The molecule has 29 heavy (non-hydrogen) atoms. The number of carboxylic acids is 2. The molecular formula is C18H30N4O7. The Morgan fingerprint density at radius 2 is 1.72 bits per heavy atom. The van der Waals surface area contributed by atoms with Crippen LogP contribution < -0.4 is 16.4 Å². The zero-order chi connectivity index (χ0) is 22.3. The van der Waals surface area contributed by atoms with Crippen LogP contribution in [-0.4, -0.2) is 75.5 Å². The SMILES string of the molecule is CC(C)CC(NC(=O)C1CCCN1C(=O)C(C)NC(=O)C(N)CC(=O)O)C(=O)O. The molecule has 0 bridgehead atoms. The van der Waals surface area contributed by atoms with E-state index in [2.05, 4.69) is 10.6 Å². The molecular weight excluding hydrogens is 384 g/mol. The average Bonchev–Trinajstić information content (AvgIpc) is 3.08. The van der Waals surface area contributed by atoms with Crippen molar-refractivity contribution in [2.45, 2.75) is 70.6 Å². The molecule has 0 radical (unpaired) electrons. The topological polar surface area (TPSA) is 179 Å². The van der Waals surface area contributed by atoms with E-state index in [0.29, 0.717) is 19.4 Å². The fourth-order valence-corrected chi connectivity index (χ4v) is 3.18. The van der Waals surface area contributed by atoms with Gasteiger partial charge in [0.25, 0.3) is 0 Å². The lowest BCUT2D eigenvalue weighted by molar-refractivity contribution is -0.145. The van der Waals surface area contributed by atoms with Crippen molar-refractivity contribution in [2.75, 3.05) is 6.54 Å². The summed E-state index contributed by atoms with van der Waals surface area (Å²) >= 11 is 0. The number of hydrogen-bond donors (Lipinski definition) is 5. The van der Waals surface area contributed by atoms with Crippen LogP contribution in [0.3, 0.4) is 0 Å². The summed E-state index contributed by atoms with van der Waals surface area (Å²) < 4.78 is 0. The van der Waals surface area contributed by atoms with E-state index in [4.69, 9.17) is 10.8 Å². The molecule has 0 aliphatic carbocycles. The summed E-state index contributed by atoms with van der Waals surface area (Å²) in [4.78, 5) is 60.5. The number of carbonyl (C=O) groups is 5. The number of carbonyl (C=O) groups excluding carboxylic acids is 3. The zero-order valence-electron chi connectivity index (χ0n) is 16.9. The van der Waals surface area contributed by atoms with Crippen LogP contribution in [-0.2, 0) is 24.0 Å². The van der Waals surface area contributed by atoms with Gasteiger partial charge in [0, 0.05) is 6.54 Å². The van der Waals surface area contributed by atoms with Crippen molar-refractivity contribution >= 4 is 29.7 Å². The van der Waals surface area contributed by atoms with Crippen molar-refractivity contribution in [3.8, 4) is 0 Å². The fraction of sp³-hybridized carbons (Fsp3) is 0.722. The Bertz CT molecular complexity index is 652. The van der Waals surface area contributed by atoms with E-state index in [1.165, 1.54) is 11.8 Å². The third-order valence-electron chi connectivity index (χ3n) is 4.62. The highest BCUT2D eigenvalue weighted by atomic mass is 16.4. The first kappa shape index (κ1) is 24.3. The molecule has 4 unspecified atom stereocenters. The van der Waals surface area contributed by atoms with E-state index in [9.17, 15) is 29.1 Å². The standard InChI is InChI=1S/C18H30N4O7/c1-9(2)7-12(18(28)29)21-16(26)13-5-4-6-22(13)17(27)10(3)20-15(25)11(19)8-14(23)24/h9-13H,4-8,19H2,1-3H3,(H,20,25)(H,21,26)(H,23,24)(H,28,29). The van der Waals surface area contributed by atoms with Gasteiger partial charge in [-0.25, -0.2) is 4.79 Å². The summed E-state index contributed by atoms with van der Waals surface area (Å²) in [7, 11) is 0. The molecule has 11 heteroatoms. The Balaban J connectivity index is 2.75. The van der Waals surface area contributed by atoms with E-state index in [1.54, 1.807) is 0 Å². The van der Waals surface area contributed by atoms with Gasteiger partial charge in [-0.15, -0.1) is 0 Å². The maximum atomic E-state index is 12.7. The van der Waals surface area contributed by atoms with Crippen LogP contribution in [0.1, 0.15) is 46.5 Å². The number of carboxylic acid groups (broad SMARTS) is 2. The van der Waals surface area contributed by atoms with Crippen LogP contribution in [0.5, 0.6) is 0 Å².